The number of Topliss-reactive ketones (excluding diaryl/α,β-unsaturated/α-hetero) is 1. The van der Waals surface area contributed by atoms with Gasteiger partial charge in [0.05, 0.1) is 13.7 Å². The number of rotatable bonds is 8. The summed E-state index contributed by atoms with van der Waals surface area (Å²) in [4.78, 5) is 12.8. The highest BCUT2D eigenvalue weighted by Gasteiger charge is 2.25. The fourth-order valence-corrected chi connectivity index (χ4v) is 5.17. The summed E-state index contributed by atoms with van der Waals surface area (Å²) in [5, 5.41) is 10.0. The van der Waals surface area contributed by atoms with E-state index in [1.54, 1.807) is 12.2 Å². The zero-order valence-electron chi connectivity index (χ0n) is 24.4. The van der Waals surface area contributed by atoms with Crippen LogP contribution in [0.1, 0.15) is 112 Å². The number of aliphatic hydroxyl groups excluding tert-OH is 1. The van der Waals surface area contributed by atoms with E-state index in [4.69, 9.17) is 16.2 Å². The molecule has 0 saturated heterocycles. The summed E-state index contributed by atoms with van der Waals surface area (Å²) in [6, 6.07) is 8.66. The van der Waals surface area contributed by atoms with Gasteiger partial charge in [0.25, 0.3) is 0 Å². The standard InChI is InChI=1S/C33H44N2O3/c1-17(2)25-11-22(12-26(18(3)4)31(25)34)30(21-10-24(16-36)33(37)29(15-21)38-9)23-13-27(19(5)6)32(35)28(14-23)20(7)8/h10-15,17-20,36H,16,34-35H2,1-9H3. The van der Waals surface area contributed by atoms with Crippen molar-refractivity contribution in [2.45, 2.75) is 79.1 Å². The van der Waals surface area contributed by atoms with E-state index in [9.17, 15) is 9.90 Å². The van der Waals surface area contributed by atoms with Crippen molar-refractivity contribution in [2.24, 2.45) is 0 Å². The molecule has 0 amide bonds. The van der Waals surface area contributed by atoms with Crippen molar-refractivity contribution in [1.82, 2.24) is 0 Å². The lowest BCUT2D eigenvalue weighted by Crippen LogP contribution is -2.16. The van der Waals surface area contributed by atoms with Gasteiger partial charge in [-0.1, -0.05) is 55.4 Å². The normalized spacial score (nSPS) is 14.1. The number of methoxy groups -OCH3 is 1. The molecule has 1 aliphatic carbocycles. The van der Waals surface area contributed by atoms with Crippen molar-refractivity contribution in [3.8, 4) is 0 Å². The van der Waals surface area contributed by atoms with Crippen LogP contribution >= 0.6 is 0 Å². The number of aliphatic hydroxyl groups is 1. The van der Waals surface area contributed by atoms with Gasteiger partial charge in [-0.05, 0) is 105 Å². The first-order chi connectivity index (χ1) is 17.8. The lowest BCUT2D eigenvalue weighted by atomic mass is 9.81. The fourth-order valence-electron chi connectivity index (χ4n) is 5.17. The molecule has 38 heavy (non-hydrogen) atoms. The van der Waals surface area contributed by atoms with Gasteiger partial charge in [0.2, 0.25) is 5.78 Å². The summed E-state index contributed by atoms with van der Waals surface area (Å²) >= 11 is 0. The first-order valence-electron chi connectivity index (χ1n) is 13.6. The van der Waals surface area contributed by atoms with E-state index in [1.807, 2.05) is 0 Å². The molecule has 0 aliphatic heterocycles. The first-order valence-corrected chi connectivity index (χ1v) is 13.6. The molecule has 0 spiro atoms. The van der Waals surface area contributed by atoms with E-state index in [-0.39, 0.29) is 41.8 Å². The average molecular weight is 517 g/mol. The van der Waals surface area contributed by atoms with Crippen LogP contribution < -0.4 is 11.5 Å². The fraction of sp³-hybridized carbons (Fsp3) is 0.424. The molecule has 0 aromatic heterocycles. The monoisotopic (exact) mass is 516 g/mol. The van der Waals surface area contributed by atoms with Gasteiger partial charge in [0.1, 0.15) is 0 Å². The number of nitrogens with two attached hydrogens (primary N) is 2. The quantitative estimate of drug-likeness (QED) is 0.323. The van der Waals surface area contributed by atoms with Gasteiger partial charge >= 0.3 is 0 Å². The summed E-state index contributed by atoms with van der Waals surface area (Å²) in [5.74, 6) is 0.807. The summed E-state index contributed by atoms with van der Waals surface area (Å²) in [7, 11) is 1.48. The van der Waals surface area contributed by atoms with Crippen molar-refractivity contribution in [2.75, 3.05) is 25.2 Å². The van der Waals surface area contributed by atoms with Gasteiger partial charge in [-0.25, -0.2) is 0 Å². The number of allylic oxidation sites excluding steroid dienone is 4. The molecule has 3 rings (SSSR count). The van der Waals surface area contributed by atoms with Gasteiger partial charge in [-0.15, -0.1) is 0 Å². The van der Waals surface area contributed by atoms with Crippen LogP contribution in [0.3, 0.4) is 0 Å². The summed E-state index contributed by atoms with van der Waals surface area (Å²) < 4.78 is 5.46. The highest BCUT2D eigenvalue weighted by atomic mass is 16.5. The van der Waals surface area contributed by atoms with Crippen molar-refractivity contribution in [1.29, 1.82) is 0 Å². The van der Waals surface area contributed by atoms with Gasteiger partial charge in [0, 0.05) is 16.9 Å². The van der Waals surface area contributed by atoms with Crippen molar-refractivity contribution in [3.05, 3.63) is 86.7 Å². The number of hydrogen-bond acceptors (Lipinski definition) is 5. The van der Waals surface area contributed by atoms with Gasteiger partial charge in [-0.3, -0.25) is 4.79 Å². The summed E-state index contributed by atoms with van der Waals surface area (Å²) in [6.07, 6.45) is 3.55. The maximum atomic E-state index is 12.8. The molecule has 5 heteroatoms. The molecule has 0 fully saturated rings. The molecule has 5 nitrogen and oxygen atoms in total. The Labute approximate surface area is 228 Å². The molecule has 2 aromatic rings. The predicted molar refractivity (Wildman–Crippen MR) is 159 cm³/mol. The van der Waals surface area contributed by atoms with Crippen LogP contribution in [0, 0.1) is 0 Å². The Morgan fingerprint density at radius 2 is 1.11 bits per heavy atom. The second-order valence-electron chi connectivity index (χ2n) is 11.5. The molecule has 0 radical (unpaired) electrons. The minimum Gasteiger partial charge on any atom is -0.493 e. The molecule has 0 atom stereocenters. The van der Waals surface area contributed by atoms with Gasteiger partial charge < -0.3 is 21.3 Å². The highest BCUT2D eigenvalue weighted by Crippen LogP contribution is 2.41. The van der Waals surface area contributed by atoms with Crippen molar-refractivity contribution >= 4 is 22.7 Å². The number of ether oxygens (including phenoxy) is 1. The highest BCUT2D eigenvalue weighted by molar-refractivity contribution is 6.10. The number of nitrogen functional groups attached to an aromatic ring is 2. The summed E-state index contributed by atoms with van der Waals surface area (Å²) in [5.41, 5.74) is 23.4. The SMILES string of the molecule is COC1=CC(=C(c2cc(C(C)C)c(N)c(C(C)C)c2)c2cc(C(C)C)c(N)c(C(C)C)c2)C=C(CO)C1=O. The van der Waals surface area contributed by atoms with Gasteiger partial charge in [-0.2, -0.15) is 0 Å². The van der Waals surface area contributed by atoms with Crippen LogP contribution in [0.2, 0.25) is 0 Å². The number of hydrogen-bond donors (Lipinski definition) is 3. The van der Waals surface area contributed by atoms with Crippen LogP contribution in [-0.4, -0.2) is 24.6 Å². The average Bonchev–Trinajstić information content (AvgIpc) is 2.85. The van der Waals surface area contributed by atoms with Gasteiger partial charge in [0.15, 0.2) is 5.76 Å². The second-order valence-corrected chi connectivity index (χ2v) is 11.5. The van der Waals surface area contributed by atoms with Crippen LogP contribution in [0.15, 0.2) is 53.3 Å². The van der Waals surface area contributed by atoms with Crippen LogP contribution in [-0.2, 0) is 9.53 Å². The topological polar surface area (TPSA) is 98.6 Å². The summed E-state index contributed by atoms with van der Waals surface area (Å²) in [6.45, 7) is 16.8. The molecule has 0 heterocycles. The Kier molecular flexibility index (Phi) is 8.94. The number of ketones is 1. The largest absolute Gasteiger partial charge is 0.493 e. The molecule has 2 aromatic carbocycles. The Hall–Kier alpha value is -3.31. The van der Waals surface area contributed by atoms with Crippen molar-refractivity contribution < 1.29 is 14.6 Å². The maximum absolute atomic E-state index is 12.8. The molecule has 204 valence electrons. The third-order valence-corrected chi connectivity index (χ3v) is 7.36. The minimum absolute atomic E-state index is 0.205. The lowest BCUT2D eigenvalue weighted by Gasteiger charge is -2.25. The molecule has 0 saturated carbocycles. The van der Waals surface area contributed by atoms with E-state index < -0.39 is 0 Å². The van der Waals surface area contributed by atoms with E-state index in [1.165, 1.54) is 7.11 Å². The van der Waals surface area contributed by atoms with E-state index in [2.05, 4.69) is 79.7 Å². The lowest BCUT2D eigenvalue weighted by molar-refractivity contribution is -0.115. The van der Waals surface area contributed by atoms with E-state index in [0.29, 0.717) is 5.57 Å². The predicted octanol–water partition coefficient (Wildman–Crippen LogP) is 7.18. The maximum Gasteiger partial charge on any atom is 0.225 e. The number of carbonyl (C=O) groups is 1. The van der Waals surface area contributed by atoms with Crippen LogP contribution in [0.4, 0.5) is 11.4 Å². The number of benzene rings is 2. The minimum atomic E-state index is -0.372. The first kappa shape index (κ1) is 29.2. The third-order valence-electron chi connectivity index (χ3n) is 7.36. The van der Waals surface area contributed by atoms with Crippen LogP contribution in [0.5, 0.6) is 0 Å². The molecule has 5 N–H and O–H groups in total. The second kappa shape index (κ2) is 11.6. The molecule has 0 bridgehead atoms. The third kappa shape index (κ3) is 5.58. The molecule has 0 unspecified atom stereocenters. The molecule has 1 aliphatic rings. The zero-order chi connectivity index (χ0) is 28.5. The van der Waals surface area contributed by atoms with E-state index in [0.717, 1.165) is 55.9 Å². The Morgan fingerprint density at radius 1 is 0.737 bits per heavy atom. The van der Waals surface area contributed by atoms with Crippen molar-refractivity contribution in [3.63, 3.8) is 0 Å². The molecular formula is C33H44N2O3. The van der Waals surface area contributed by atoms with E-state index >= 15 is 0 Å². The molecular weight excluding hydrogens is 472 g/mol. The Morgan fingerprint density at radius 3 is 1.39 bits per heavy atom. The number of anilines is 2. The Bertz CT molecular complexity index is 1170. The smallest absolute Gasteiger partial charge is 0.225 e. The number of carbonyl (C=O) groups excluding carboxylic acids is 1. The zero-order valence-corrected chi connectivity index (χ0v) is 24.4. The Balaban J connectivity index is 2.56. The van der Waals surface area contributed by atoms with Crippen LogP contribution in [0.25, 0.3) is 5.57 Å².